The fourth-order valence-electron chi connectivity index (χ4n) is 4.65. The highest BCUT2D eigenvalue weighted by atomic mass is 16.6. The lowest BCUT2D eigenvalue weighted by Crippen LogP contribution is -2.41. The molecule has 1 unspecified atom stereocenters. The lowest BCUT2D eigenvalue weighted by molar-refractivity contribution is -0.156. The number of benzene rings is 3. The van der Waals surface area contributed by atoms with Crippen LogP contribution in [0, 0.1) is 0 Å². The van der Waals surface area contributed by atoms with Crippen molar-refractivity contribution in [2.45, 2.75) is 65.2 Å². The van der Waals surface area contributed by atoms with E-state index in [-0.39, 0.29) is 12.6 Å². The van der Waals surface area contributed by atoms with Crippen LogP contribution in [-0.2, 0) is 27.2 Å². The van der Waals surface area contributed by atoms with Crippen molar-refractivity contribution in [2.24, 2.45) is 0 Å². The first-order valence-corrected chi connectivity index (χ1v) is 13.9. The van der Waals surface area contributed by atoms with Gasteiger partial charge in [0, 0.05) is 19.6 Å². The lowest BCUT2D eigenvalue weighted by atomic mass is 9.96. The van der Waals surface area contributed by atoms with E-state index in [0.717, 1.165) is 28.0 Å². The Morgan fingerprint density at radius 2 is 1.59 bits per heavy atom. The summed E-state index contributed by atoms with van der Waals surface area (Å²) < 4.78 is 16.5. The highest BCUT2D eigenvalue weighted by Crippen LogP contribution is 2.26. The topological polar surface area (TPSA) is 94.2 Å². The largest absolute Gasteiger partial charge is 0.491 e. The third kappa shape index (κ3) is 8.33. The Kier molecular flexibility index (Phi) is 9.32. The molecule has 4 rings (SSSR count). The van der Waals surface area contributed by atoms with Gasteiger partial charge in [-0.2, -0.15) is 0 Å². The molecule has 1 N–H and O–H groups in total. The molecule has 0 fully saturated rings. The maximum Gasteiger partial charge on any atom is 0.419 e. The van der Waals surface area contributed by atoms with Crippen LogP contribution < -0.4 is 10.1 Å². The Bertz CT molecular complexity index is 1360. The number of hydrogen-bond acceptors (Lipinski definition) is 6. The highest BCUT2D eigenvalue weighted by Gasteiger charge is 2.29. The van der Waals surface area contributed by atoms with E-state index in [1.165, 1.54) is 4.90 Å². The number of amides is 2. The number of carbonyl (C=O) groups excluding carboxylic acids is 3. The molecule has 1 aliphatic heterocycles. The van der Waals surface area contributed by atoms with Crippen molar-refractivity contribution in [3.63, 3.8) is 0 Å². The zero-order chi connectivity index (χ0) is 29.6. The smallest absolute Gasteiger partial charge is 0.419 e. The van der Waals surface area contributed by atoms with Gasteiger partial charge in [0.15, 0.2) is 0 Å². The minimum atomic E-state index is -0.924. The average molecular weight is 559 g/mol. The third-order valence-electron chi connectivity index (χ3n) is 6.56. The first-order chi connectivity index (χ1) is 19.5. The summed E-state index contributed by atoms with van der Waals surface area (Å²) in [7, 11) is 0. The van der Waals surface area contributed by atoms with Crippen molar-refractivity contribution in [1.82, 2.24) is 10.2 Å². The van der Waals surface area contributed by atoms with Crippen molar-refractivity contribution in [2.75, 3.05) is 13.1 Å². The molecule has 0 radical (unpaired) electrons. The molecule has 216 valence electrons. The molecule has 41 heavy (non-hydrogen) atoms. The standard InChI is InChI=1S/C33H38N2O6/c1-22(2)39-28-16-15-25-17-18-35(21-27(25)19-28)32(38)40-31(37)34-20-29(30(36)41-33(3,4)5)26-13-11-24(12-14-26)23-9-7-6-8-10-23/h6-16,19,22,29H,17-18,20-21H2,1-5H3,(H,34,37). The molecule has 1 aliphatic rings. The quantitative estimate of drug-likeness (QED) is 0.264. The van der Waals surface area contributed by atoms with Gasteiger partial charge in [0.25, 0.3) is 0 Å². The van der Waals surface area contributed by atoms with Crippen molar-refractivity contribution in [1.29, 1.82) is 0 Å². The van der Waals surface area contributed by atoms with Gasteiger partial charge in [-0.05, 0) is 81.0 Å². The van der Waals surface area contributed by atoms with Gasteiger partial charge in [0.2, 0.25) is 0 Å². The summed E-state index contributed by atoms with van der Waals surface area (Å²) >= 11 is 0. The number of carbonyl (C=O) groups is 3. The van der Waals surface area contributed by atoms with Crippen molar-refractivity contribution in [3.05, 3.63) is 89.5 Å². The van der Waals surface area contributed by atoms with Crippen LogP contribution in [0.5, 0.6) is 5.75 Å². The number of hydrogen-bond donors (Lipinski definition) is 1. The van der Waals surface area contributed by atoms with Crippen LogP contribution >= 0.6 is 0 Å². The molecule has 3 aromatic rings. The summed E-state index contributed by atoms with van der Waals surface area (Å²) in [6.07, 6.45) is -0.988. The molecule has 3 aromatic carbocycles. The highest BCUT2D eigenvalue weighted by molar-refractivity contribution is 5.85. The second kappa shape index (κ2) is 12.9. The first kappa shape index (κ1) is 29.6. The Morgan fingerprint density at radius 1 is 0.902 bits per heavy atom. The molecular weight excluding hydrogens is 520 g/mol. The summed E-state index contributed by atoms with van der Waals surface area (Å²) in [6, 6.07) is 23.3. The minimum absolute atomic E-state index is 0.0349. The monoisotopic (exact) mass is 558 g/mol. The van der Waals surface area contributed by atoms with Gasteiger partial charge in [0.05, 0.1) is 12.0 Å². The number of nitrogens with one attached hydrogen (secondary N) is 1. The molecule has 0 bridgehead atoms. The zero-order valence-corrected chi connectivity index (χ0v) is 24.3. The van der Waals surface area contributed by atoms with E-state index in [0.29, 0.717) is 25.1 Å². The maximum absolute atomic E-state index is 13.1. The number of fused-ring (bicyclic) bond motifs is 1. The molecule has 8 heteroatoms. The average Bonchev–Trinajstić information content (AvgIpc) is 2.92. The van der Waals surface area contributed by atoms with Crippen LogP contribution in [0.2, 0.25) is 0 Å². The predicted molar refractivity (Wildman–Crippen MR) is 157 cm³/mol. The molecule has 1 atom stereocenters. The fraction of sp³-hybridized carbons (Fsp3) is 0.364. The van der Waals surface area contributed by atoms with Crippen molar-refractivity contribution < 1.29 is 28.6 Å². The van der Waals surface area contributed by atoms with Gasteiger partial charge in [-0.3, -0.25) is 4.79 Å². The Labute approximate surface area is 241 Å². The number of rotatable bonds is 7. The number of ether oxygens (including phenoxy) is 3. The van der Waals surface area contributed by atoms with Gasteiger partial charge < -0.3 is 24.4 Å². The molecule has 0 aliphatic carbocycles. The van der Waals surface area contributed by atoms with E-state index in [4.69, 9.17) is 14.2 Å². The second-order valence-corrected chi connectivity index (χ2v) is 11.4. The van der Waals surface area contributed by atoms with Crippen LogP contribution in [0.3, 0.4) is 0 Å². The maximum atomic E-state index is 13.1. The van der Waals surface area contributed by atoms with E-state index in [9.17, 15) is 14.4 Å². The summed E-state index contributed by atoms with van der Waals surface area (Å²) in [6.45, 7) is 9.91. The van der Waals surface area contributed by atoms with Crippen molar-refractivity contribution >= 4 is 18.2 Å². The van der Waals surface area contributed by atoms with E-state index >= 15 is 0 Å². The van der Waals surface area contributed by atoms with Crippen molar-refractivity contribution in [3.8, 4) is 16.9 Å². The number of esters is 1. The summed E-state index contributed by atoms with van der Waals surface area (Å²) in [4.78, 5) is 40.0. The van der Waals surface area contributed by atoms with Gasteiger partial charge in [-0.25, -0.2) is 9.59 Å². The Morgan fingerprint density at radius 3 is 2.24 bits per heavy atom. The van der Waals surface area contributed by atoms with E-state index < -0.39 is 29.7 Å². The Balaban J connectivity index is 1.39. The third-order valence-corrected chi connectivity index (χ3v) is 6.56. The number of alkyl carbamates (subject to hydrolysis) is 1. The molecule has 0 saturated heterocycles. The SMILES string of the molecule is CC(C)Oc1ccc2c(c1)CN(C(=O)OC(=O)NCC(C(=O)OC(C)(C)C)c1ccc(-c3ccccc3)cc1)CC2. The van der Waals surface area contributed by atoms with E-state index in [1.807, 2.05) is 86.6 Å². The Hall–Kier alpha value is -4.33. The molecular formula is C33H38N2O6. The van der Waals surface area contributed by atoms with Crippen LogP contribution in [0.15, 0.2) is 72.8 Å². The van der Waals surface area contributed by atoms with Gasteiger partial charge in [-0.15, -0.1) is 0 Å². The second-order valence-electron chi connectivity index (χ2n) is 11.4. The van der Waals surface area contributed by atoms with E-state index in [1.54, 1.807) is 20.8 Å². The molecule has 1 heterocycles. The molecule has 0 spiro atoms. The zero-order valence-electron chi connectivity index (χ0n) is 24.3. The van der Waals surface area contributed by atoms with Crippen LogP contribution in [-0.4, -0.2) is 47.9 Å². The molecule has 2 amide bonds. The summed E-state index contributed by atoms with van der Waals surface area (Å²) in [5, 5.41) is 2.58. The molecule has 0 saturated carbocycles. The predicted octanol–water partition coefficient (Wildman–Crippen LogP) is 6.47. The summed E-state index contributed by atoms with van der Waals surface area (Å²) in [5.74, 6) is -0.539. The van der Waals surface area contributed by atoms with E-state index in [2.05, 4.69) is 5.32 Å². The minimum Gasteiger partial charge on any atom is -0.491 e. The molecule has 8 nitrogen and oxygen atoms in total. The number of nitrogens with zero attached hydrogens (tertiary/aromatic N) is 1. The van der Waals surface area contributed by atoms with Gasteiger partial charge in [-0.1, -0.05) is 60.7 Å². The molecule has 0 aromatic heterocycles. The lowest BCUT2D eigenvalue weighted by Gasteiger charge is -2.28. The summed E-state index contributed by atoms with van der Waals surface area (Å²) in [5.41, 5.74) is 4.11. The van der Waals surface area contributed by atoms with Gasteiger partial charge in [0.1, 0.15) is 11.4 Å². The van der Waals surface area contributed by atoms with Gasteiger partial charge >= 0.3 is 18.2 Å². The van der Waals surface area contributed by atoms with Crippen LogP contribution in [0.25, 0.3) is 11.1 Å². The fourth-order valence-corrected chi connectivity index (χ4v) is 4.65. The first-order valence-electron chi connectivity index (χ1n) is 13.9. The normalized spacial score (nSPS) is 13.7. The van der Waals surface area contributed by atoms with Crippen LogP contribution in [0.1, 0.15) is 57.2 Å². The van der Waals surface area contributed by atoms with Crippen LogP contribution in [0.4, 0.5) is 9.59 Å².